The van der Waals surface area contributed by atoms with E-state index in [0.717, 1.165) is 25.9 Å². The van der Waals surface area contributed by atoms with E-state index in [-0.39, 0.29) is 12.8 Å². The van der Waals surface area contributed by atoms with Crippen LogP contribution in [0.1, 0.15) is 46.0 Å². The van der Waals surface area contributed by atoms with E-state index < -0.39 is 11.7 Å². The Morgan fingerprint density at radius 1 is 1.11 bits per heavy atom. The molecule has 0 spiro atoms. The molecule has 2 nitrogen and oxygen atoms in total. The summed E-state index contributed by atoms with van der Waals surface area (Å²) in [6, 6.07) is 0. The lowest BCUT2D eigenvalue weighted by molar-refractivity contribution is -0.200. The number of nitrogens with zero attached hydrogens (tertiary/aromatic N) is 1. The molecular formula is C13H25F3N2. The van der Waals surface area contributed by atoms with Crippen LogP contribution in [0.5, 0.6) is 0 Å². The molecule has 0 aromatic rings. The van der Waals surface area contributed by atoms with Crippen molar-refractivity contribution in [2.45, 2.75) is 57.7 Å². The summed E-state index contributed by atoms with van der Waals surface area (Å²) in [7, 11) is 0. The molecule has 1 heterocycles. The number of rotatable bonds is 5. The smallest absolute Gasteiger partial charge is 0.304 e. The molecule has 0 amide bonds. The summed E-state index contributed by atoms with van der Waals surface area (Å²) < 4.78 is 40.0. The molecule has 5 heteroatoms. The zero-order chi connectivity index (χ0) is 13.6. The van der Waals surface area contributed by atoms with Crippen LogP contribution >= 0.6 is 0 Å². The number of halogens is 3. The number of likely N-dealkylation sites (tertiary alicyclic amines) is 1. The van der Waals surface area contributed by atoms with Crippen molar-refractivity contribution < 1.29 is 13.2 Å². The second kappa shape index (κ2) is 6.75. The van der Waals surface area contributed by atoms with Gasteiger partial charge >= 0.3 is 6.18 Å². The maximum Gasteiger partial charge on any atom is 0.406 e. The highest BCUT2D eigenvalue weighted by molar-refractivity contribution is 4.97. The average molecular weight is 266 g/mol. The molecule has 1 atom stereocenters. The predicted molar refractivity (Wildman–Crippen MR) is 67.7 cm³/mol. The predicted octanol–water partition coefficient (Wildman–Crippen LogP) is 3.18. The molecule has 0 aliphatic carbocycles. The Kier molecular flexibility index (Phi) is 5.92. The van der Waals surface area contributed by atoms with Crippen LogP contribution in [0.3, 0.4) is 0 Å². The molecule has 0 saturated carbocycles. The summed E-state index contributed by atoms with van der Waals surface area (Å²) in [4.78, 5) is 2.15. The quantitative estimate of drug-likeness (QED) is 0.822. The Balaban J connectivity index is 2.72. The Bertz CT molecular complexity index is 243. The molecule has 0 aromatic carbocycles. The first-order chi connectivity index (χ1) is 8.45. The van der Waals surface area contributed by atoms with Gasteiger partial charge in [-0.25, -0.2) is 0 Å². The molecule has 1 aliphatic rings. The zero-order valence-corrected chi connectivity index (χ0v) is 11.4. The van der Waals surface area contributed by atoms with Crippen molar-refractivity contribution in [3.8, 4) is 0 Å². The molecule has 0 bridgehead atoms. The Morgan fingerprint density at radius 3 is 2.39 bits per heavy atom. The molecule has 0 radical (unpaired) electrons. The minimum Gasteiger partial charge on any atom is -0.304 e. The highest BCUT2D eigenvalue weighted by Crippen LogP contribution is 2.38. The first-order valence-corrected chi connectivity index (χ1v) is 6.99. The maximum absolute atomic E-state index is 13.3. The van der Waals surface area contributed by atoms with Gasteiger partial charge in [0.25, 0.3) is 0 Å². The molecule has 1 saturated heterocycles. The van der Waals surface area contributed by atoms with Gasteiger partial charge in [-0.2, -0.15) is 13.2 Å². The van der Waals surface area contributed by atoms with Crippen LogP contribution in [0.15, 0.2) is 0 Å². The van der Waals surface area contributed by atoms with E-state index in [0.29, 0.717) is 19.5 Å². The largest absolute Gasteiger partial charge is 0.406 e. The highest BCUT2D eigenvalue weighted by Gasteiger charge is 2.54. The van der Waals surface area contributed by atoms with Gasteiger partial charge in [-0.05, 0) is 51.7 Å². The summed E-state index contributed by atoms with van der Waals surface area (Å²) >= 11 is 0. The van der Waals surface area contributed by atoms with E-state index in [1.807, 2.05) is 6.92 Å². The van der Waals surface area contributed by atoms with E-state index in [9.17, 15) is 13.2 Å². The zero-order valence-electron chi connectivity index (χ0n) is 11.4. The maximum atomic E-state index is 13.3. The lowest BCUT2D eigenvalue weighted by Crippen LogP contribution is -2.57. The van der Waals surface area contributed by atoms with E-state index in [1.54, 1.807) is 0 Å². The van der Waals surface area contributed by atoms with Gasteiger partial charge in [0.1, 0.15) is 5.54 Å². The SMILES string of the molecule is CCCNC1(C(F)(F)F)CCCN(CCC)CC1. The monoisotopic (exact) mass is 266 g/mol. The van der Waals surface area contributed by atoms with Crippen molar-refractivity contribution in [2.24, 2.45) is 0 Å². The number of alkyl halides is 3. The normalized spacial score (nSPS) is 27.2. The van der Waals surface area contributed by atoms with Gasteiger partial charge in [-0.1, -0.05) is 13.8 Å². The summed E-state index contributed by atoms with van der Waals surface area (Å²) in [6.07, 6.45) is -1.41. The minimum atomic E-state index is -4.15. The van der Waals surface area contributed by atoms with Crippen LogP contribution in [-0.4, -0.2) is 42.8 Å². The Hall–Kier alpha value is -0.290. The van der Waals surface area contributed by atoms with Crippen LogP contribution in [0.4, 0.5) is 13.2 Å². The number of nitrogens with one attached hydrogen (secondary N) is 1. The van der Waals surface area contributed by atoms with Crippen molar-refractivity contribution in [2.75, 3.05) is 26.2 Å². The van der Waals surface area contributed by atoms with Crippen LogP contribution in [0.2, 0.25) is 0 Å². The fraction of sp³-hybridized carbons (Fsp3) is 1.00. The highest BCUT2D eigenvalue weighted by atomic mass is 19.4. The van der Waals surface area contributed by atoms with E-state index in [2.05, 4.69) is 17.1 Å². The topological polar surface area (TPSA) is 15.3 Å². The molecule has 1 fully saturated rings. The first kappa shape index (κ1) is 15.8. The standard InChI is InChI=1S/C13H25F3N2/c1-3-8-17-12(13(14,15)16)6-5-10-18(9-4-2)11-7-12/h17H,3-11H2,1-2H3. The summed E-state index contributed by atoms with van der Waals surface area (Å²) in [5.74, 6) is 0. The molecule has 18 heavy (non-hydrogen) atoms. The average Bonchev–Trinajstić information content (AvgIpc) is 2.50. The molecule has 108 valence electrons. The lowest BCUT2D eigenvalue weighted by atomic mass is 9.89. The van der Waals surface area contributed by atoms with Gasteiger partial charge in [-0.15, -0.1) is 0 Å². The van der Waals surface area contributed by atoms with Crippen LogP contribution in [-0.2, 0) is 0 Å². The fourth-order valence-corrected chi connectivity index (χ4v) is 2.65. The summed E-state index contributed by atoms with van der Waals surface area (Å²) in [5, 5.41) is 2.78. The third-order valence-corrected chi connectivity index (χ3v) is 3.73. The van der Waals surface area contributed by atoms with Gasteiger partial charge < -0.3 is 10.2 Å². The number of hydrogen-bond donors (Lipinski definition) is 1. The van der Waals surface area contributed by atoms with E-state index >= 15 is 0 Å². The minimum absolute atomic E-state index is 0.177. The molecule has 0 aromatic heterocycles. The van der Waals surface area contributed by atoms with Gasteiger partial charge in [0.15, 0.2) is 0 Å². The number of hydrogen-bond acceptors (Lipinski definition) is 2. The third-order valence-electron chi connectivity index (χ3n) is 3.73. The Morgan fingerprint density at radius 2 is 1.83 bits per heavy atom. The van der Waals surface area contributed by atoms with E-state index in [4.69, 9.17) is 0 Å². The van der Waals surface area contributed by atoms with Crippen molar-refractivity contribution in [1.82, 2.24) is 10.2 Å². The van der Waals surface area contributed by atoms with Crippen LogP contribution in [0.25, 0.3) is 0 Å². The second-order valence-corrected chi connectivity index (χ2v) is 5.20. The first-order valence-electron chi connectivity index (χ1n) is 6.99. The van der Waals surface area contributed by atoms with Gasteiger partial charge in [-0.3, -0.25) is 0 Å². The van der Waals surface area contributed by atoms with Gasteiger partial charge in [0.05, 0.1) is 0 Å². The van der Waals surface area contributed by atoms with Crippen molar-refractivity contribution in [3.63, 3.8) is 0 Å². The summed E-state index contributed by atoms with van der Waals surface area (Å²) in [5.41, 5.74) is -1.66. The molecule has 1 unspecified atom stereocenters. The van der Waals surface area contributed by atoms with Gasteiger partial charge in [0, 0.05) is 6.54 Å². The van der Waals surface area contributed by atoms with Crippen LogP contribution < -0.4 is 5.32 Å². The Labute approximate surface area is 108 Å². The molecule has 1 N–H and O–H groups in total. The van der Waals surface area contributed by atoms with Crippen molar-refractivity contribution in [3.05, 3.63) is 0 Å². The van der Waals surface area contributed by atoms with E-state index in [1.165, 1.54) is 0 Å². The summed E-state index contributed by atoms with van der Waals surface area (Å²) in [6.45, 7) is 6.65. The molecule has 1 rings (SSSR count). The van der Waals surface area contributed by atoms with Crippen LogP contribution in [0, 0.1) is 0 Å². The molecule has 1 aliphatic heterocycles. The molecular weight excluding hydrogens is 241 g/mol. The third kappa shape index (κ3) is 3.85. The van der Waals surface area contributed by atoms with Crippen molar-refractivity contribution >= 4 is 0 Å². The lowest BCUT2D eigenvalue weighted by Gasteiger charge is -2.36. The van der Waals surface area contributed by atoms with Crippen molar-refractivity contribution in [1.29, 1.82) is 0 Å². The second-order valence-electron chi connectivity index (χ2n) is 5.20. The fourth-order valence-electron chi connectivity index (χ4n) is 2.65. The van der Waals surface area contributed by atoms with Gasteiger partial charge in [0.2, 0.25) is 0 Å².